The third kappa shape index (κ3) is 8.96. The zero-order valence-electron chi connectivity index (χ0n) is 18.4. The van der Waals surface area contributed by atoms with Gasteiger partial charge < -0.3 is 9.47 Å². The first-order valence-corrected chi connectivity index (χ1v) is 11.8. The lowest BCUT2D eigenvalue weighted by Gasteiger charge is -2.14. The summed E-state index contributed by atoms with van der Waals surface area (Å²) in [6.07, 6.45) is 19.0. The SMILES string of the molecule is CCOC(=O)CC1(CCCCCCCCCCC2(CC(=O)OCC)CC2)CC1. The fourth-order valence-corrected chi connectivity index (χ4v) is 4.48. The number of unbranched alkanes of at least 4 members (excludes halogenated alkanes) is 7. The van der Waals surface area contributed by atoms with E-state index in [0.717, 1.165) is 0 Å². The largest absolute Gasteiger partial charge is 0.466 e. The molecular formula is C24H42O4. The monoisotopic (exact) mass is 394 g/mol. The van der Waals surface area contributed by atoms with Gasteiger partial charge in [0.15, 0.2) is 0 Å². The summed E-state index contributed by atoms with van der Waals surface area (Å²) in [7, 11) is 0. The van der Waals surface area contributed by atoms with E-state index >= 15 is 0 Å². The molecule has 2 saturated carbocycles. The van der Waals surface area contributed by atoms with Crippen molar-refractivity contribution in [1.29, 1.82) is 0 Å². The van der Waals surface area contributed by atoms with Crippen LogP contribution in [0.4, 0.5) is 0 Å². The second kappa shape index (κ2) is 11.8. The van der Waals surface area contributed by atoms with Crippen LogP contribution in [0, 0.1) is 10.8 Å². The molecule has 0 amide bonds. The Kier molecular flexibility index (Phi) is 9.81. The zero-order valence-corrected chi connectivity index (χ0v) is 18.4. The number of carbonyl (C=O) groups excluding carboxylic acids is 2. The van der Waals surface area contributed by atoms with Gasteiger partial charge in [-0.3, -0.25) is 9.59 Å². The molecule has 2 aliphatic rings. The first-order valence-electron chi connectivity index (χ1n) is 11.8. The number of ether oxygens (including phenoxy) is 2. The quantitative estimate of drug-likeness (QED) is 0.213. The molecule has 0 saturated heterocycles. The molecule has 2 fully saturated rings. The fraction of sp³-hybridized carbons (Fsp3) is 0.917. The van der Waals surface area contributed by atoms with E-state index in [1.165, 1.54) is 89.9 Å². The van der Waals surface area contributed by atoms with Gasteiger partial charge in [-0.15, -0.1) is 0 Å². The van der Waals surface area contributed by atoms with Crippen LogP contribution in [0.15, 0.2) is 0 Å². The maximum absolute atomic E-state index is 11.7. The molecular weight excluding hydrogens is 352 g/mol. The van der Waals surface area contributed by atoms with E-state index in [1.54, 1.807) is 0 Å². The molecule has 0 unspecified atom stereocenters. The summed E-state index contributed by atoms with van der Waals surface area (Å²) in [5, 5.41) is 0. The first-order chi connectivity index (χ1) is 13.5. The highest BCUT2D eigenvalue weighted by molar-refractivity contribution is 5.71. The van der Waals surface area contributed by atoms with Gasteiger partial charge in [0.05, 0.1) is 26.1 Å². The van der Waals surface area contributed by atoms with Crippen LogP contribution < -0.4 is 0 Å². The van der Waals surface area contributed by atoms with Gasteiger partial charge in [0.25, 0.3) is 0 Å². The maximum Gasteiger partial charge on any atom is 0.306 e. The van der Waals surface area contributed by atoms with Crippen molar-refractivity contribution in [3.8, 4) is 0 Å². The summed E-state index contributed by atoms with van der Waals surface area (Å²) < 4.78 is 10.2. The number of carbonyl (C=O) groups is 2. The molecule has 0 N–H and O–H groups in total. The van der Waals surface area contributed by atoms with E-state index in [4.69, 9.17) is 9.47 Å². The van der Waals surface area contributed by atoms with Crippen LogP contribution in [-0.2, 0) is 19.1 Å². The van der Waals surface area contributed by atoms with Crippen molar-refractivity contribution >= 4 is 11.9 Å². The van der Waals surface area contributed by atoms with Gasteiger partial charge in [0.2, 0.25) is 0 Å². The first kappa shape index (κ1) is 23.2. The normalized spacial score (nSPS) is 18.5. The Balaban J connectivity index is 1.38. The Morgan fingerprint density at radius 1 is 0.607 bits per heavy atom. The smallest absolute Gasteiger partial charge is 0.306 e. The summed E-state index contributed by atoms with van der Waals surface area (Å²) in [6, 6.07) is 0. The maximum atomic E-state index is 11.7. The van der Waals surface area contributed by atoms with Crippen LogP contribution in [-0.4, -0.2) is 25.2 Å². The lowest BCUT2D eigenvalue weighted by molar-refractivity contribution is -0.145. The molecule has 0 heterocycles. The highest BCUT2D eigenvalue weighted by Gasteiger charge is 2.44. The average molecular weight is 395 g/mol. The molecule has 0 aromatic rings. The summed E-state index contributed by atoms with van der Waals surface area (Å²) in [6.45, 7) is 4.76. The Bertz CT molecular complexity index is 433. The highest BCUT2D eigenvalue weighted by Crippen LogP contribution is 2.53. The van der Waals surface area contributed by atoms with E-state index in [-0.39, 0.29) is 11.9 Å². The number of hydrogen-bond donors (Lipinski definition) is 0. The molecule has 28 heavy (non-hydrogen) atoms. The van der Waals surface area contributed by atoms with E-state index in [0.29, 0.717) is 36.9 Å². The van der Waals surface area contributed by atoms with Crippen LogP contribution in [0.5, 0.6) is 0 Å². The lowest BCUT2D eigenvalue weighted by atomic mass is 9.93. The molecule has 0 bridgehead atoms. The van der Waals surface area contributed by atoms with Crippen molar-refractivity contribution in [3.63, 3.8) is 0 Å². The van der Waals surface area contributed by atoms with Gasteiger partial charge in [0, 0.05) is 0 Å². The van der Waals surface area contributed by atoms with Crippen molar-refractivity contribution in [1.82, 2.24) is 0 Å². The van der Waals surface area contributed by atoms with E-state index < -0.39 is 0 Å². The minimum atomic E-state index is -0.00441. The van der Waals surface area contributed by atoms with Crippen molar-refractivity contribution in [2.75, 3.05) is 13.2 Å². The minimum absolute atomic E-state index is 0.00441. The third-order valence-corrected chi connectivity index (χ3v) is 6.73. The summed E-state index contributed by atoms with van der Waals surface area (Å²) in [5.74, 6) is -0.00883. The van der Waals surface area contributed by atoms with Gasteiger partial charge in [-0.05, 0) is 63.2 Å². The molecule has 0 aromatic carbocycles. The van der Waals surface area contributed by atoms with E-state index in [1.807, 2.05) is 13.8 Å². The van der Waals surface area contributed by atoms with Crippen LogP contribution in [0.3, 0.4) is 0 Å². The van der Waals surface area contributed by atoms with Crippen molar-refractivity contribution in [2.45, 2.75) is 117 Å². The molecule has 0 aromatic heterocycles. The molecule has 4 nitrogen and oxygen atoms in total. The second-order valence-corrected chi connectivity index (χ2v) is 9.29. The van der Waals surface area contributed by atoms with Crippen LogP contribution in [0.2, 0.25) is 0 Å². The molecule has 0 radical (unpaired) electrons. The molecule has 2 aliphatic carbocycles. The van der Waals surface area contributed by atoms with Crippen molar-refractivity contribution < 1.29 is 19.1 Å². The standard InChI is InChI=1S/C24H42O4/c1-3-27-21(25)19-23(15-16-23)13-11-9-7-5-6-8-10-12-14-24(17-18-24)20-22(26)28-4-2/h3-20H2,1-2H3. The lowest BCUT2D eigenvalue weighted by Crippen LogP contribution is -2.12. The van der Waals surface area contributed by atoms with E-state index in [9.17, 15) is 9.59 Å². The van der Waals surface area contributed by atoms with Crippen LogP contribution in [0.25, 0.3) is 0 Å². The van der Waals surface area contributed by atoms with Crippen LogP contribution >= 0.6 is 0 Å². The summed E-state index contributed by atoms with van der Waals surface area (Å²) >= 11 is 0. The topological polar surface area (TPSA) is 52.6 Å². The Morgan fingerprint density at radius 2 is 0.929 bits per heavy atom. The van der Waals surface area contributed by atoms with Gasteiger partial charge >= 0.3 is 11.9 Å². The van der Waals surface area contributed by atoms with Crippen molar-refractivity contribution in [2.24, 2.45) is 10.8 Å². The second-order valence-electron chi connectivity index (χ2n) is 9.29. The van der Waals surface area contributed by atoms with Gasteiger partial charge in [0.1, 0.15) is 0 Å². The molecule has 0 atom stereocenters. The zero-order chi connectivity index (χ0) is 20.3. The number of rotatable bonds is 17. The fourth-order valence-electron chi connectivity index (χ4n) is 4.48. The molecule has 162 valence electrons. The predicted molar refractivity (Wildman–Crippen MR) is 112 cm³/mol. The Labute approximate surface area is 172 Å². The van der Waals surface area contributed by atoms with Crippen molar-refractivity contribution in [3.05, 3.63) is 0 Å². The highest BCUT2D eigenvalue weighted by atomic mass is 16.5. The Hall–Kier alpha value is -1.06. The average Bonchev–Trinajstić information content (AvgIpc) is 3.56. The third-order valence-electron chi connectivity index (χ3n) is 6.73. The summed E-state index contributed by atoms with van der Waals surface area (Å²) in [4.78, 5) is 23.3. The summed E-state index contributed by atoms with van der Waals surface area (Å²) in [5.41, 5.74) is 0.600. The molecule has 0 spiro atoms. The minimum Gasteiger partial charge on any atom is -0.466 e. The molecule has 2 rings (SSSR count). The molecule has 0 aliphatic heterocycles. The number of esters is 2. The van der Waals surface area contributed by atoms with E-state index in [2.05, 4.69) is 0 Å². The Morgan fingerprint density at radius 3 is 1.21 bits per heavy atom. The predicted octanol–water partition coefficient (Wildman–Crippen LogP) is 6.35. The van der Waals surface area contributed by atoms with Gasteiger partial charge in [-0.1, -0.05) is 51.4 Å². The van der Waals surface area contributed by atoms with Gasteiger partial charge in [-0.25, -0.2) is 0 Å². The number of hydrogen-bond acceptors (Lipinski definition) is 4. The van der Waals surface area contributed by atoms with Gasteiger partial charge in [-0.2, -0.15) is 0 Å². The van der Waals surface area contributed by atoms with Crippen LogP contribution in [0.1, 0.15) is 117 Å². The molecule has 4 heteroatoms.